The van der Waals surface area contributed by atoms with Crippen LogP contribution in [0.5, 0.6) is 0 Å². The third-order valence-corrected chi connectivity index (χ3v) is 2.77. The van der Waals surface area contributed by atoms with Gasteiger partial charge in [-0.15, -0.1) is 6.58 Å². The van der Waals surface area contributed by atoms with Gasteiger partial charge in [0.25, 0.3) is 0 Å². The standard InChI is InChI=1S/C13H27NO/c1-4-5-6-7-8-10-13(14-2)11-9-12-15-3/h4,13-14H,1,5-12H2,2-3H3. The van der Waals surface area contributed by atoms with E-state index in [1.807, 2.05) is 6.08 Å². The predicted octanol–water partition coefficient (Wildman–Crippen LogP) is 3.14. The van der Waals surface area contributed by atoms with Crippen LogP contribution in [0.1, 0.15) is 44.9 Å². The first kappa shape index (κ1) is 14.7. The molecule has 0 aliphatic heterocycles. The van der Waals surface area contributed by atoms with E-state index < -0.39 is 0 Å². The van der Waals surface area contributed by atoms with Crippen LogP contribution in [0.15, 0.2) is 12.7 Å². The van der Waals surface area contributed by atoms with E-state index in [1.165, 1.54) is 32.1 Å². The Morgan fingerprint density at radius 1 is 1.20 bits per heavy atom. The Balaban J connectivity index is 3.31. The zero-order chi connectivity index (χ0) is 11.4. The average molecular weight is 213 g/mol. The molecule has 0 aliphatic rings. The summed E-state index contributed by atoms with van der Waals surface area (Å²) < 4.78 is 5.06. The van der Waals surface area contributed by atoms with Gasteiger partial charge in [0.2, 0.25) is 0 Å². The lowest BCUT2D eigenvalue weighted by Gasteiger charge is -2.15. The maximum Gasteiger partial charge on any atom is 0.0462 e. The fraction of sp³-hybridized carbons (Fsp3) is 0.846. The van der Waals surface area contributed by atoms with Gasteiger partial charge in [0.05, 0.1) is 0 Å². The highest BCUT2D eigenvalue weighted by molar-refractivity contribution is 4.67. The molecule has 0 saturated carbocycles. The van der Waals surface area contributed by atoms with E-state index in [0.717, 1.165) is 19.4 Å². The van der Waals surface area contributed by atoms with Crippen LogP contribution in [0.25, 0.3) is 0 Å². The van der Waals surface area contributed by atoms with Gasteiger partial charge in [-0.2, -0.15) is 0 Å². The lowest BCUT2D eigenvalue weighted by Crippen LogP contribution is -2.25. The number of ether oxygens (including phenoxy) is 1. The summed E-state index contributed by atoms with van der Waals surface area (Å²) in [6.07, 6.45) is 10.8. The van der Waals surface area contributed by atoms with E-state index in [-0.39, 0.29) is 0 Å². The van der Waals surface area contributed by atoms with Crippen LogP contribution in [0.3, 0.4) is 0 Å². The first-order valence-electron chi connectivity index (χ1n) is 6.12. The first-order valence-corrected chi connectivity index (χ1v) is 6.12. The summed E-state index contributed by atoms with van der Waals surface area (Å²) in [5.41, 5.74) is 0. The lowest BCUT2D eigenvalue weighted by atomic mass is 10.0. The Bertz CT molecular complexity index is 136. The van der Waals surface area contributed by atoms with Gasteiger partial charge in [0, 0.05) is 19.8 Å². The van der Waals surface area contributed by atoms with Gasteiger partial charge < -0.3 is 10.1 Å². The summed E-state index contributed by atoms with van der Waals surface area (Å²) >= 11 is 0. The molecule has 0 heterocycles. The van der Waals surface area contributed by atoms with Gasteiger partial charge in [-0.25, -0.2) is 0 Å². The van der Waals surface area contributed by atoms with E-state index in [0.29, 0.717) is 6.04 Å². The summed E-state index contributed by atoms with van der Waals surface area (Å²) in [6, 6.07) is 0.670. The van der Waals surface area contributed by atoms with Crippen LogP contribution in [-0.4, -0.2) is 26.8 Å². The molecule has 0 fully saturated rings. The SMILES string of the molecule is C=CCCCCCC(CCCOC)NC. The molecule has 90 valence electrons. The molecule has 0 aromatic rings. The summed E-state index contributed by atoms with van der Waals surface area (Å²) in [5, 5.41) is 3.38. The molecular formula is C13H27NO. The lowest BCUT2D eigenvalue weighted by molar-refractivity contribution is 0.188. The van der Waals surface area contributed by atoms with Gasteiger partial charge in [-0.1, -0.05) is 18.9 Å². The zero-order valence-corrected chi connectivity index (χ0v) is 10.4. The average Bonchev–Trinajstić information content (AvgIpc) is 2.26. The number of methoxy groups -OCH3 is 1. The van der Waals surface area contributed by atoms with Crippen molar-refractivity contribution in [2.75, 3.05) is 20.8 Å². The molecule has 2 heteroatoms. The topological polar surface area (TPSA) is 21.3 Å². The van der Waals surface area contributed by atoms with E-state index in [1.54, 1.807) is 7.11 Å². The fourth-order valence-corrected chi connectivity index (χ4v) is 1.76. The Kier molecular flexibility index (Phi) is 11.5. The largest absolute Gasteiger partial charge is 0.385 e. The highest BCUT2D eigenvalue weighted by atomic mass is 16.5. The van der Waals surface area contributed by atoms with Crippen LogP contribution in [-0.2, 0) is 4.74 Å². The smallest absolute Gasteiger partial charge is 0.0462 e. The molecule has 1 unspecified atom stereocenters. The maximum atomic E-state index is 5.06. The second-order valence-electron chi connectivity index (χ2n) is 4.05. The molecule has 0 rings (SSSR count). The van der Waals surface area contributed by atoms with Crippen molar-refractivity contribution in [3.05, 3.63) is 12.7 Å². The normalized spacial score (nSPS) is 12.7. The summed E-state index contributed by atoms with van der Waals surface area (Å²) in [4.78, 5) is 0. The van der Waals surface area contributed by atoms with Crippen LogP contribution in [0, 0.1) is 0 Å². The van der Waals surface area contributed by atoms with Gasteiger partial charge >= 0.3 is 0 Å². The molecular weight excluding hydrogens is 186 g/mol. The van der Waals surface area contributed by atoms with Crippen molar-refractivity contribution in [2.45, 2.75) is 51.0 Å². The summed E-state index contributed by atoms with van der Waals surface area (Å²) in [5.74, 6) is 0. The van der Waals surface area contributed by atoms with Crippen molar-refractivity contribution in [3.8, 4) is 0 Å². The predicted molar refractivity (Wildman–Crippen MR) is 67.2 cm³/mol. The van der Waals surface area contributed by atoms with Crippen molar-refractivity contribution >= 4 is 0 Å². The number of rotatable bonds is 11. The van der Waals surface area contributed by atoms with E-state index >= 15 is 0 Å². The Morgan fingerprint density at radius 2 is 1.93 bits per heavy atom. The minimum atomic E-state index is 0.670. The Morgan fingerprint density at radius 3 is 2.53 bits per heavy atom. The van der Waals surface area contributed by atoms with Crippen LogP contribution in [0.4, 0.5) is 0 Å². The molecule has 0 amide bonds. The zero-order valence-electron chi connectivity index (χ0n) is 10.4. The number of nitrogens with one attached hydrogen (secondary N) is 1. The van der Waals surface area contributed by atoms with Crippen LogP contribution in [0.2, 0.25) is 0 Å². The summed E-state index contributed by atoms with van der Waals surface area (Å²) in [6.45, 7) is 4.62. The fourth-order valence-electron chi connectivity index (χ4n) is 1.76. The van der Waals surface area contributed by atoms with Crippen molar-refractivity contribution in [2.24, 2.45) is 0 Å². The van der Waals surface area contributed by atoms with Gasteiger partial charge in [0.1, 0.15) is 0 Å². The Hall–Kier alpha value is -0.340. The monoisotopic (exact) mass is 213 g/mol. The number of hydrogen-bond donors (Lipinski definition) is 1. The Labute approximate surface area is 95.1 Å². The number of allylic oxidation sites excluding steroid dienone is 1. The second-order valence-corrected chi connectivity index (χ2v) is 4.05. The molecule has 0 radical (unpaired) electrons. The van der Waals surface area contributed by atoms with Crippen molar-refractivity contribution in [3.63, 3.8) is 0 Å². The van der Waals surface area contributed by atoms with Crippen molar-refractivity contribution in [1.82, 2.24) is 5.32 Å². The number of unbranched alkanes of at least 4 members (excludes halogenated alkanes) is 3. The molecule has 1 atom stereocenters. The molecule has 1 N–H and O–H groups in total. The van der Waals surface area contributed by atoms with Crippen LogP contribution >= 0.6 is 0 Å². The van der Waals surface area contributed by atoms with Crippen molar-refractivity contribution in [1.29, 1.82) is 0 Å². The minimum Gasteiger partial charge on any atom is -0.385 e. The molecule has 0 aromatic heterocycles. The molecule has 0 aliphatic carbocycles. The molecule has 0 bridgehead atoms. The molecule has 0 saturated heterocycles. The maximum absolute atomic E-state index is 5.06. The first-order chi connectivity index (χ1) is 7.35. The van der Waals surface area contributed by atoms with Gasteiger partial charge in [0.15, 0.2) is 0 Å². The molecule has 0 aromatic carbocycles. The highest BCUT2D eigenvalue weighted by Crippen LogP contribution is 2.09. The second kappa shape index (κ2) is 11.7. The number of hydrogen-bond acceptors (Lipinski definition) is 2. The van der Waals surface area contributed by atoms with Gasteiger partial charge in [-0.3, -0.25) is 0 Å². The minimum absolute atomic E-state index is 0.670. The molecule has 0 spiro atoms. The highest BCUT2D eigenvalue weighted by Gasteiger charge is 2.04. The van der Waals surface area contributed by atoms with E-state index in [4.69, 9.17) is 4.74 Å². The van der Waals surface area contributed by atoms with Crippen LogP contribution < -0.4 is 5.32 Å². The van der Waals surface area contributed by atoms with Crippen molar-refractivity contribution < 1.29 is 4.74 Å². The molecule has 2 nitrogen and oxygen atoms in total. The van der Waals surface area contributed by atoms with E-state index in [2.05, 4.69) is 18.9 Å². The quantitative estimate of drug-likeness (QED) is 0.420. The third kappa shape index (κ3) is 9.95. The molecule has 15 heavy (non-hydrogen) atoms. The summed E-state index contributed by atoms with van der Waals surface area (Å²) in [7, 11) is 3.82. The van der Waals surface area contributed by atoms with E-state index in [9.17, 15) is 0 Å². The van der Waals surface area contributed by atoms with Gasteiger partial charge in [-0.05, 0) is 39.2 Å². The third-order valence-electron chi connectivity index (χ3n) is 2.77.